The quantitative estimate of drug-likeness (QED) is 0.745. The van der Waals surface area contributed by atoms with Gasteiger partial charge in [0.15, 0.2) is 8.32 Å². The topological polar surface area (TPSA) is 58.6 Å². The summed E-state index contributed by atoms with van der Waals surface area (Å²) in [4.78, 5) is 10.8. The van der Waals surface area contributed by atoms with E-state index in [1.165, 1.54) is 0 Å². The van der Waals surface area contributed by atoms with Crippen LogP contribution in [0.25, 0.3) is 0 Å². The van der Waals surface area contributed by atoms with Gasteiger partial charge in [0, 0.05) is 6.54 Å². The molecular weight excluding hydrogens is 222 g/mol. The molecule has 94 valence electrons. The maximum Gasteiger partial charge on any atom is 0.320 e. The SMILES string of the molecule is CC(C)(C)[Si](C)(C)OC1CN[C@H](C(=O)O)C1. The van der Waals surface area contributed by atoms with Gasteiger partial charge >= 0.3 is 5.97 Å². The van der Waals surface area contributed by atoms with Crippen LogP contribution in [0.1, 0.15) is 27.2 Å². The second kappa shape index (κ2) is 4.47. The lowest BCUT2D eigenvalue weighted by atomic mass is 10.2. The molecule has 2 atom stereocenters. The summed E-state index contributed by atoms with van der Waals surface area (Å²) in [6.07, 6.45) is 0.643. The van der Waals surface area contributed by atoms with Crippen molar-refractivity contribution in [1.82, 2.24) is 5.32 Å². The Kier molecular flexibility index (Phi) is 3.82. The van der Waals surface area contributed by atoms with Gasteiger partial charge in [-0.1, -0.05) is 20.8 Å². The van der Waals surface area contributed by atoms with Crippen molar-refractivity contribution in [3.8, 4) is 0 Å². The lowest BCUT2D eigenvalue weighted by Gasteiger charge is -2.38. The molecular formula is C11H23NO3Si. The van der Waals surface area contributed by atoms with Crippen molar-refractivity contribution in [1.29, 1.82) is 0 Å². The Morgan fingerprint density at radius 3 is 2.38 bits per heavy atom. The van der Waals surface area contributed by atoms with Crippen LogP contribution in [-0.4, -0.2) is 38.1 Å². The van der Waals surface area contributed by atoms with Crippen LogP contribution in [0.2, 0.25) is 18.1 Å². The fourth-order valence-electron chi connectivity index (χ4n) is 1.57. The normalized spacial score (nSPS) is 27.1. The number of hydrogen-bond acceptors (Lipinski definition) is 3. The van der Waals surface area contributed by atoms with E-state index in [0.29, 0.717) is 13.0 Å². The Balaban J connectivity index is 2.54. The van der Waals surface area contributed by atoms with Crippen molar-refractivity contribution in [2.45, 2.75) is 57.5 Å². The second-order valence-corrected chi connectivity index (χ2v) is 10.8. The minimum atomic E-state index is -1.77. The average molecular weight is 245 g/mol. The molecule has 0 aromatic carbocycles. The first kappa shape index (κ1) is 13.7. The molecule has 1 rings (SSSR count). The molecule has 0 saturated carbocycles. The third kappa shape index (κ3) is 3.05. The van der Waals surface area contributed by atoms with E-state index in [-0.39, 0.29) is 11.1 Å². The summed E-state index contributed by atoms with van der Waals surface area (Å²) in [5, 5.41) is 12.0. The summed E-state index contributed by atoms with van der Waals surface area (Å²) in [7, 11) is -1.77. The number of rotatable bonds is 3. The van der Waals surface area contributed by atoms with Crippen molar-refractivity contribution in [3.05, 3.63) is 0 Å². The van der Waals surface area contributed by atoms with E-state index in [1.807, 2.05) is 0 Å². The molecule has 0 aromatic rings. The molecule has 0 radical (unpaired) electrons. The van der Waals surface area contributed by atoms with Gasteiger partial charge in [-0.3, -0.25) is 4.79 Å². The molecule has 0 aromatic heterocycles. The largest absolute Gasteiger partial charge is 0.480 e. The lowest BCUT2D eigenvalue weighted by molar-refractivity contribution is -0.139. The molecule has 4 nitrogen and oxygen atoms in total. The van der Waals surface area contributed by atoms with E-state index in [0.717, 1.165) is 0 Å². The van der Waals surface area contributed by atoms with Gasteiger partial charge < -0.3 is 14.8 Å². The van der Waals surface area contributed by atoms with Crippen molar-refractivity contribution in [3.63, 3.8) is 0 Å². The van der Waals surface area contributed by atoms with Crippen molar-refractivity contribution in [2.24, 2.45) is 0 Å². The van der Waals surface area contributed by atoms with Crippen LogP contribution in [-0.2, 0) is 9.22 Å². The van der Waals surface area contributed by atoms with Gasteiger partial charge in [0.05, 0.1) is 6.10 Å². The van der Waals surface area contributed by atoms with Crippen LogP contribution < -0.4 is 5.32 Å². The Morgan fingerprint density at radius 2 is 2.00 bits per heavy atom. The summed E-state index contributed by atoms with van der Waals surface area (Å²) in [6.45, 7) is 11.6. The molecule has 0 amide bonds. The second-order valence-electron chi connectivity index (χ2n) is 6.03. The van der Waals surface area contributed by atoms with Crippen molar-refractivity contribution < 1.29 is 14.3 Å². The minimum Gasteiger partial charge on any atom is -0.480 e. The molecule has 1 heterocycles. The van der Waals surface area contributed by atoms with Gasteiger partial charge in [-0.15, -0.1) is 0 Å². The highest BCUT2D eigenvalue weighted by atomic mass is 28.4. The molecule has 2 N–H and O–H groups in total. The summed E-state index contributed by atoms with van der Waals surface area (Å²) >= 11 is 0. The monoisotopic (exact) mass is 245 g/mol. The van der Waals surface area contributed by atoms with Crippen molar-refractivity contribution in [2.75, 3.05) is 6.54 Å². The standard InChI is InChI=1S/C11H23NO3Si/c1-11(2,3)16(4,5)15-8-6-9(10(13)14)12-7-8/h8-9,12H,6-7H2,1-5H3,(H,13,14)/t8?,9-/m0/s1. The molecule has 1 aliphatic rings. The first-order chi connectivity index (χ1) is 7.13. The van der Waals surface area contributed by atoms with E-state index in [9.17, 15) is 4.79 Å². The van der Waals surface area contributed by atoms with Gasteiger partial charge in [0.1, 0.15) is 6.04 Å². The predicted octanol–water partition coefficient (Wildman–Crippen LogP) is 1.82. The Bertz CT molecular complexity index is 273. The maximum atomic E-state index is 10.8. The molecule has 1 aliphatic heterocycles. The molecule has 0 spiro atoms. The van der Waals surface area contributed by atoms with Gasteiger partial charge in [-0.2, -0.15) is 0 Å². The fourth-order valence-corrected chi connectivity index (χ4v) is 2.94. The Hall–Kier alpha value is -0.393. The summed E-state index contributed by atoms with van der Waals surface area (Å²) < 4.78 is 6.16. The number of carbonyl (C=O) groups is 1. The smallest absolute Gasteiger partial charge is 0.320 e. The van der Waals surface area contributed by atoms with Crippen LogP contribution in [0, 0.1) is 0 Å². The average Bonchev–Trinajstić information content (AvgIpc) is 2.49. The van der Waals surface area contributed by atoms with Crippen LogP contribution in [0.5, 0.6) is 0 Å². The van der Waals surface area contributed by atoms with E-state index in [4.69, 9.17) is 9.53 Å². The van der Waals surface area contributed by atoms with Crippen molar-refractivity contribution >= 4 is 14.3 Å². The van der Waals surface area contributed by atoms with E-state index in [1.54, 1.807) is 0 Å². The highest BCUT2D eigenvalue weighted by molar-refractivity contribution is 6.74. The third-order valence-electron chi connectivity index (χ3n) is 3.66. The summed E-state index contributed by atoms with van der Waals surface area (Å²) in [5.41, 5.74) is 0. The minimum absolute atomic E-state index is 0.0574. The predicted molar refractivity (Wildman–Crippen MR) is 66.1 cm³/mol. The van der Waals surface area contributed by atoms with Gasteiger partial charge in [0.25, 0.3) is 0 Å². The summed E-state index contributed by atoms with van der Waals surface area (Å²) in [5.74, 6) is -0.777. The molecule has 16 heavy (non-hydrogen) atoms. The lowest BCUT2D eigenvalue weighted by Crippen LogP contribution is -2.44. The van der Waals surface area contributed by atoms with Gasteiger partial charge in [-0.05, 0) is 24.6 Å². The van der Waals surface area contributed by atoms with E-state index < -0.39 is 20.3 Å². The first-order valence-electron chi connectivity index (χ1n) is 5.77. The number of carboxylic acid groups (broad SMARTS) is 1. The number of hydrogen-bond donors (Lipinski definition) is 2. The zero-order chi connectivity index (χ0) is 12.6. The molecule has 5 heteroatoms. The molecule has 1 fully saturated rings. The number of carboxylic acids is 1. The van der Waals surface area contributed by atoms with E-state index in [2.05, 4.69) is 39.2 Å². The Labute approximate surface area is 98.5 Å². The highest BCUT2D eigenvalue weighted by Crippen LogP contribution is 2.38. The first-order valence-corrected chi connectivity index (χ1v) is 8.68. The zero-order valence-corrected chi connectivity index (χ0v) is 11.8. The molecule has 1 saturated heterocycles. The van der Waals surface area contributed by atoms with Crippen LogP contribution in [0.15, 0.2) is 0 Å². The van der Waals surface area contributed by atoms with Gasteiger partial charge in [0.2, 0.25) is 0 Å². The van der Waals surface area contributed by atoms with Gasteiger partial charge in [-0.25, -0.2) is 0 Å². The van der Waals surface area contributed by atoms with Crippen LogP contribution in [0.4, 0.5) is 0 Å². The fraction of sp³-hybridized carbons (Fsp3) is 0.909. The number of nitrogens with one attached hydrogen (secondary N) is 1. The zero-order valence-electron chi connectivity index (χ0n) is 10.8. The molecule has 0 aliphatic carbocycles. The van der Waals surface area contributed by atoms with Crippen LogP contribution in [0.3, 0.4) is 0 Å². The number of aliphatic carboxylic acids is 1. The summed E-state index contributed by atoms with van der Waals surface area (Å²) in [6, 6.07) is -0.435. The maximum absolute atomic E-state index is 10.8. The highest BCUT2D eigenvalue weighted by Gasteiger charge is 2.41. The molecule has 0 bridgehead atoms. The Morgan fingerprint density at radius 1 is 1.44 bits per heavy atom. The third-order valence-corrected chi connectivity index (χ3v) is 8.19. The van der Waals surface area contributed by atoms with Crippen LogP contribution >= 0.6 is 0 Å². The molecule has 1 unspecified atom stereocenters. The van der Waals surface area contributed by atoms with E-state index >= 15 is 0 Å².